The zero-order valence-electron chi connectivity index (χ0n) is 24.8. The number of hydrogen-bond donors (Lipinski definition) is 0. The van der Waals surface area contributed by atoms with Crippen LogP contribution in [0.4, 0.5) is 0 Å². The Kier molecular flexibility index (Phi) is 34.7. The number of rotatable bonds is 33. The summed E-state index contributed by atoms with van der Waals surface area (Å²) in [6.45, 7) is 10.3. The lowest BCUT2D eigenvalue weighted by Crippen LogP contribution is -2.12. The maximum absolute atomic E-state index is 5.67. The first kappa shape index (κ1) is 35.8. The summed E-state index contributed by atoms with van der Waals surface area (Å²) in [4.78, 5) is 0. The van der Waals surface area contributed by atoms with Crippen LogP contribution in [0.3, 0.4) is 0 Å². The molecular formula is C32H66O4. The fourth-order valence-electron chi connectivity index (χ4n) is 4.50. The van der Waals surface area contributed by atoms with Crippen LogP contribution in [0, 0.1) is 0 Å². The van der Waals surface area contributed by atoms with Gasteiger partial charge in [-0.3, -0.25) is 0 Å². The number of ether oxygens (including phenoxy) is 4. The molecule has 0 saturated heterocycles. The second-order valence-corrected chi connectivity index (χ2v) is 10.5. The highest BCUT2D eigenvalue weighted by Crippen LogP contribution is 2.12. The van der Waals surface area contributed by atoms with Gasteiger partial charge in [0.05, 0.1) is 39.6 Å². The van der Waals surface area contributed by atoms with Crippen molar-refractivity contribution in [2.45, 2.75) is 155 Å². The highest BCUT2D eigenvalue weighted by molar-refractivity contribution is 4.49. The first-order chi connectivity index (χ1) is 17.9. The van der Waals surface area contributed by atoms with Crippen LogP contribution >= 0.6 is 0 Å². The second-order valence-electron chi connectivity index (χ2n) is 10.5. The summed E-state index contributed by atoms with van der Waals surface area (Å²) in [5, 5.41) is 0. The Hall–Kier alpha value is -0.160. The molecule has 0 fully saturated rings. The van der Waals surface area contributed by atoms with Gasteiger partial charge in [-0.25, -0.2) is 0 Å². The third kappa shape index (κ3) is 33.8. The topological polar surface area (TPSA) is 36.9 Å². The summed E-state index contributed by atoms with van der Waals surface area (Å²) in [5.74, 6) is 0. The van der Waals surface area contributed by atoms with Crippen LogP contribution in [0.5, 0.6) is 0 Å². The predicted molar refractivity (Wildman–Crippen MR) is 156 cm³/mol. The zero-order valence-corrected chi connectivity index (χ0v) is 24.8. The van der Waals surface area contributed by atoms with E-state index in [0.717, 1.165) is 13.2 Å². The molecule has 0 aromatic heterocycles. The average Bonchev–Trinajstić information content (AvgIpc) is 2.89. The first-order valence-corrected chi connectivity index (χ1v) is 16.2. The van der Waals surface area contributed by atoms with E-state index in [9.17, 15) is 0 Å². The van der Waals surface area contributed by atoms with E-state index in [4.69, 9.17) is 18.9 Å². The molecule has 0 bridgehead atoms. The molecule has 0 atom stereocenters. The van der Waals surface area contributed by atoms with Crippen molar-refractivity contribution in [2.24, 2.45) is 0 Å². The van der Waals surface area contributed by atoms with Gasteiger partial charge in [0.2, 0.25) is 0 Å². The van der Waals surface area contributed by atoms with Crippen molar-refractivity contribution in [3.05, 3.63) is 0 Å². The van der Waals surface area contributed by atoms with Crippen molar-refractivity contribution in [1.29, 1.82) is 0 Å². The molecule has 4 nitrogen and oxygen atoms in total. The molecule has 0 unspecified atom stereocenters. The van der Waals surface area contributed by atoms with E-state index < -0.39 is 0 Å². The van der Waals surface area contributed by atoms with Crippen molar-refractivity contribution in [1.82, 2.24) is 0 Å². The lowest BCUT2D eigenvalue weighted by molar-refractivity contribution is -0.00248. The normalized spacial score (nSPS) is 11.5. The molecule has 0 aliphatic carbocycles. The molecule has 0 spiro atoms. The van der Waals surface area contributed by atoms with Gasteiger partial charge in [0.1, 0.15) is 0 Å². The minimum Gasteiger partial charge on any atom is -0.379 e. The Morgan fingerprint density at radius 2 is 0.417 bits per heavy atom. The quantitative estimate of drug-likeness (QED) is 0.0817. The molecule has 0 aliphatic heterocycles. The number of hydrogen-bond acceptors (Lipinski definition) is 4. The third-order valence-corrected chi connectivity index (χ3v) is 6.90. The average molecular weight is 515 g/mol. The van der Waals surface area contributed by atoms with Gasteiger partial charge in [-0.15, -0.1) is 0 Å². The van der Waals surface area contributed by atoms with Crippen LogP contribution in [-0.2, 0) is 18.9 Å². The molecule has 0 amide bonds. The van der Waals surface area contributed by atoms with Gasteiger partial charge >= 0.3 is 0 Å². The van der Waals surface area contributed by atoms with Gasteiger partial charge in [-0.2, -0.15) is 0 Å². The zero-order chi connectivity index (χ0) is 26.0. The van der Waals surface area contributed by atoms with Crippen molar-refractivity contribution in [2.75, 3.05) is 52.9 Å². The minimum absolute atomic E-state index is 0.639. The molecule has 0 saturated carbocycles. The van der Waals surface area contributed by atoms with Crippen LogP contribution in [0.2, 0.25) is 0 Å². The van der Waals surface area contributed by atoms with E-state index in [0.29, 0.717) is 39.6 Å². The standard InChI is InChI=1S/C32H66O4/c1-3-5-7-9-11-13-15-17-19-21-23-25-33-27-29-35-31-32-36-30-28-34-26-24-22-20-18-16-14-12-10-8-6-4-2/h3-32H2,1-2H3. The number of unbranched alkanes of at least 4 members (excludes halogenated alkanes) is 20. The lowest BCUT2D eigenvalue weighted by atomic mass is 10.1. The molecule has 0 aromatic carbocycles. The van der Waals surface area contributed by atoms with Gasteiger partial charge in [0.25, 0.3) is 0 Å². The fourth-order valence-corrected chi connectivity index (χ4v) is 4.50. The van der Waals surface area contributed by atoms with Gasteiger partial charge < -0.3 is 18.9 Å². The highest BCUT2D eigenvalue weighted by atomic mass is 16.6. The summed E-state index contributed by atoms with van der Waals surface area (Å²) < 4.78 is 22.5. The van der Waals surface area contributed by atoms with Crippen LogP contribution in [0.15, 0.2) is 0 Å². The van der Waals surface area contributed by atoms with E-state index in [-0.39, 0.29) is 0 Å². The van der Waals surface area contributed by atoms with Gasteiger partial charge in [0, 0.05) is 13.2 Å². The highest BCUT2D eigenvalue weighted by Gasteiger charge is 1.96. The van der Waals surface area contributed by atoms with Crippen LogP contribution < -0.4 is 0 Å². The molecular weight excluding hydrogens is 448 g/mol. The van der Waals surface area contributed by atoms with Gasteiger partial charge in [-0.05, 0) is 12.8 Å². The van der Waals surface area contributed by atoms with Crippen molar-refractivity contribution >= 4 is 0 Å². The van der Waals surface area contributed by atoms with E-state index in [1.807, 2.05) is 0 Å². The monoisotopic (exact) mass is 514 g/mol. The Bertz CT molecular complexity index is 330. The summed E-state index contributed by atoms with van der Waals surface area (Å²) >= 11 is 0. The molecule has 0 aliphatic rings. The maximum atomic E-state index is 5.67. The summed E-state index contributed by atoms with van der Waals surface area (Å²) in [6.07, 6.45) is 30.2. The summed E-state index contributed by atoms with van der Waals surface area (Å²) in [5.41, 5.74) is 0. The van der Waals surface area contributed by atoms with E-state index in [1.165, 1.54) is 141 Å². The maximum Gasteiger partial charge on any atom is 0.0701 e. The van der Waals surface area contributed by atoms with Gasteiger partial charge in [-0.1, -0.05) is 142 Å². The molecule has 36 heavy (non-hydrogen) atoms. The largest absolute Gasteiger partial charge is 0.379 e. The fraction of sp³-hybridized carbons (Fsp3) is 1.00. The molecule has 0 N–H and O–H groups in total. The summed E-state index contributed by atoms with van der Waals surface area (Å²) in [7, 11) is 0. The van der Waals surface area contributed by atoms with Crippen molar-refractivity contribution < 1.29 is 18.9 Å². The lowest BCUT2D eigenvalue weighted by Gasteiger charge is -2.08. The predicted octanol–water partition coefficient (Wildman–Crippen LogP) is 9.67. The first-order valence-electron chi connectivity index (χ1n) is 16.2. The van der Waals surface area contributed by atoms with Crippen molar-refractivity contribution in [3.8, 4) is 0 Å². The van der Waals surface area contributed by atoms with E-state index >= 15 is 0 Å². The summed E-state index contributed by atoms with van der Waals surface area (Å²) in [6, 6.07) is 0. The Morgan fingerprint density at radius 3 is 0.667 bits per heavy atom. The molecule has 0 rings (SSSR count). The van der Waals surface area contributed by atoms with Crippen LogP contribution in [0.25, 0.3) is 0 Å². The molecule has 0 heterocycles. The molecule has 0 radical (unpaired) electrons. The molecule has 0 aromatic rings. The second kappa shape index (κ2) is 34.8. The van der Waals surface area contributed by atoms with Gasteiger partial charge in [0.15, 0.2) is 0 Å². The SMILES string of the molecule is CCCCCCCCCCCCCOCCOCCOCCOCCCCCCCCCCCCC. The van der Waals surface area contributed by atoms with E-state index in [1.54, 1.807) is 0 Å². The third-order valence-electron chi connectivity index (χ3n) is 6.90. The smallest absolute Gasteiger partial charge is 0.0701 e. The minimum atomic E-state index is 0.639. The van der Waals surface area contributed by atoms with Crippen molar-refractivity contribution in [3.63, 3.8) is 0 Å². The molecule has 4 heteroatoms. The van der Waals surface area contributed by atoms with Crippen LogP contribution in [-0.4, -0.2) is 52.9 Å². The Morgan fingerprint density at radius 1 is 0.222 bits per heavy atom. The molecule has 218 valence electrons. The Balaban J connectivity index is 3.00. The Labute approximate surface area is 227 Å². The van der Waals surface area contributed by atoms with E-state index in [2.05, 4.69) is 13.8 Å². The van der Waals surface area contributed by atoms with Crippen LogP contribution in [0.1, 0.15) is 155 Å².